The van der Waals surface area contributed by atoms with E-state index in [0.717, 1.165) is 4.90 Å². The fourth-order valence-electron chi connectivity index (χ4n) is 2.21. The van der Waals surface area contributed by atoms with Crippen molar-refractivity contribution < 1.29 is 23.5 Å². The third kappa shape index (κ3) is 3.10. The molecule has 1 aliphatic heterocycles. The summed E-state index contributed by atoms with van der Waals surface area (Å²) in [5, 5.41) is 11.0. The fourth-order valence-corrected chi connectivity index (χ4v) is 2.35. The van der Waals surface area contributed by atoms with Crippen molar-refractivity contribution >= 4 is 23.6 Å². The number of piperidine rings is 1. The van der Waals surface area contributed by atoms with Crippen molar-refractivity contribution in [3.63, 3.8) is 0 Å². The van der Waals surface area contributed by atoms with E-state index in [1.54, 1.807) is 0 Å². The Morgan fingerprint density at radius 3 is 2.67 bits per heavy atom. The lowest BCUT2D eigenvalue weighted by atomic mass is 10.0. The van der Waals surface area contributed by atoms with Crippen molar-refractivity contribution in [3.8, 4) is 0 Å². The number of hydrogen-bond donors (Lipinski definition) is 3. The third-order valence-corrected chi connectivity index (χ3v) is 3.86. The largest absolute Gasteiger partial charge is 0.465 e. The Morgan fingerprint density at radius 1 is 1.52 bits per heavy atom. The number of alkyl halides is 1. The van der Waals surface area contributed by atoms with Gasteiger partial charge in [0.1, 0.15) is 11.9 Å². The zero-order valence-electron chi connectivity index (χ0n) is 11.1. The lowest BCUT2D eigenvalue weighted by Crippen LogP contribution is -2.53. The number of H-pyrrole nitrogens is 1. The summed E-state index contributed by atoms with van der Waals surface area (Å²) in [5.74, 6) is -1.69. The van der Waals surface area contributed by atoms with Gasteiger partial charge in [0.05, 0.1) is 17.6 Å². The average molecular weight is 322 g/mol. The van der Waals surface area contributed by atoms with Gasteiger partial charge in [-0.25, -0.2) is 13.6 Å². The molecule has 9 heteroatoms. The lowest BCUT2D eigenvalue weighted by Gasteiger charge is -2.33. The minimum absolute atomic E-state index is 0.105. The first-order valence-electron chi connectivity index (χ1n) is 6.27. The molecule has 6 nitrogen and oxygen atoms in total. The van der Waals surface area contributed by atoms with Crippen molar-refractivity contribution in [3.05, 3.63) is 22.2 Å². The number of halogens is 3. The van der Waals surface area contributed by atoms with Gasteiger partial charge < -0.3 is 20.3 Å². The van der Waals surface area contributed by atoms with Crippen LogP contribution in [0, 0.1) is 12.7 Å². The van der Waals surface area contributed by atoms with Gasteiger partial charge in [-0.3, -0.25) is 4.79 Å². The molecule has 1 saturated heterocycles. The van der Waals surface area contributed by atoms with Crippen LogP contribution in [0.25, 0.3) is 0 Å². The highest BCUT2D eigenvalue weighted by atomic mass is 35.5. The van der Waals surface area contributed by atoms with Gasteiger partial charge in [-0.2, -0.15) is 0 Å². The van der Waals surface area contributed by atoms with E-state index in [4.69, 9.17) is 16.7 Å². The highest BCUT2D eigenvalue weighted by Crippen LogP contribution is 2.22. The minimum atomic E-state index is -1.55. The molecule has 2 amide bonds. The quantitative estimate of drug-likeness (QED) is 0.778. The Labute approximate surface area is 124 Å². The Kier molecular flexibility index (Phi) is 4.36. The number of carboxylic acid groups (broad SMARTS) is 1. The monoisotopic (exact) mass is 321 g/mol. The predicted molar refractivity (Wildman–Crippen MR) is 70.9 cm³/mol. The molecule has 0 saturated carbocycles. The second-order valence-electron chi connectivity index (χ2n) is 4.87. The zero-order chi connectivity index (χ0) is 15.7. The van der Waals surface area contributed by atoms with Crippen molar-refractivity contribution in [2.75, 3.05) is 13.1 Å². The van der Waals surface area contributed by atoms with Crippen molar-refractivity contribution in [2.45, 2.75) is 25.6 Å². The molecule has 2 atom stereocenters. The van der Waals surface area contributed by atoms with Crippen LogP contribution in [0.4, 0.5) is 13.6 Å². The Hall–Kier alpha value is -1.83. The number of carbonyl (C=O) groups excluding carboxylic acids is 1. The summed E-state index contributed by atoms with van der Waals surface area (Å²) < 4.78 is 27.6. The van der Waals surface area contributed by atoms with Gasteiger partial charge >= 0.3 is 6.09 Å². The van der Waals surface area contributed by atoms with Gasteiger partial charge in [-0.15, -0.1) is 0 Å². The standard InChI is InChI=1S/C12H14ClF2N3O3/c1-5-8(13)9(15)10(16-5)11(19)17-7-2-3-18(12(20)21)4-6(7)14/h6-7,16H,2-4H2,1H3,(H,17,19)(H,20,21)/t6-,7+/m0/s1. The summed E-state index contributed by atoms with van der Waals surface area (Å²) in [4.78, 5) is 26.1. The second kappa shape index (κ2) is 5.88. The van der Waals surface area contributed by atoms with E-state index in [-0.39, 0.29) is 30.2 Å². The van der Waals surface area contributed by atoms with Gasteiger partial charge in [0.25, 0.3) is 5.91 Å². The molecule has 1 aromatic heterocycles. The smallest absolute Gasteiger partial charge is 0.407 e. The Morgan fingerprint density at radius 2 is 2.19 bits per heavy atom. The van der Waals surface area contributed by atoms with Crippen LogP contribution in [0.5, 0.6) is 0 Å². The van der Waals surface area contributed by atoms with Crippen LogP contribution in [0.3, 0.4) is 0 Å². The minimum Gasteiger partial charge on any atom is -0.465 e. The number of likely N-dealkylation sites (tertiary alicyclic amines) is 1. The molecule has 3 N–H and O–H groups in total. The summed E-state index contributed by atoms with van der Waals surface area (Å²) in [6.07, 6.45) is -2.64. The molecule has 1 aromatic rings. The first kappa shape index (κ1) is 15.6. The number of rotatable bonds is 2. The number of hydrogen-bond acceptors (Lipinski definition) is 2. The molecule has 0 aliphatic carbocycles. The van der Waals surface area contributed by atoms with E-state index >= 15 is 0 Å². The third-order valence-electron chi connectivity index (χ3n) is 3.41. The Bertz CT molecular complexity index is 578. The molecule has 116 valence electrons. The summed E-state index contributed by atoms with van der Waals surface area (Å²) in [6.45, 7) is 1.28. The summed E-state index contributed by atoms with van der Waals surface area (Å²) in [6, 6.07) is -0.866. The second-order valence-corrected chi connectivity index (χ2v) is 5.24. The van der Waals surface area contributed by atoms with Crippen LogP contribution in [-0.2, 0) is 0 Å². The number of carbonyl (C=O) groups is 2. The topological polar surface area (TPSA) is 85.4 Å². The average Bonchev–Trinajstić information content (AvgIpc) is 2.68. The maximum atomic E-state index is 13.9. The number of amides is 2. The molecule has 0 aromatic carbocycles. The van der Waals surface area contributed by atoms with Gasteiger partial charge in [-0.05, 0) is 13.3 Å². The van der Waals surface area contributed by atoms with Crippen molar-refractivity contribution in [2.24, 2.45) is 0 Å². The maximum absolute atomic E-state index is 13.9. The lowest BCUT2D eigenvalue weighted by molar-refractivity contribution is 0.0747. The van der Waals surface area contributed by atoms with Crippen LogP contribution in [-0.4, -0.2) is 52.3 Å². The molecule has 21 heavy (non-hydrogen) atoms. The van der Waals surface area contributed by atoms with Gasteiger partial charge in [-0.1, -0.05) is 11.6 Å². The van der Waals surface area contributed by atoms with Crippen molar-refractivity contribution in [1.29, 1.82) is 0 Å². The highest BCUT2D eigenvalue weighted by Gasteiger charge is 2.33. The van der Waals surface area contributed by atoms with Gasteiger partial charge in [0, 0.05) is 12.2 Å². The number of aromatic nitrogens is 1. The van der Waals surface area contributed by atoms with Crippen LogP contribution in [0.15, 0.2) is 0 Å². The SMILES string of the molecule is Cc1[nH]c(C(=O)N[C@@H]2CCN(C(=O)O)C[C@@H]2F)c(F)c1Cl. The van der Waals surface area contributed by atoms with Crippen LogP contribution in [0.2, 0.25) is 5.02 Å². The first-order valence-corrected chi connectivity index (χ1v) is 6.65. The van der Waals surface area contributed by atoms with Crippen LogP contribution >= 0.6 is 11.6 Å². The molecule has 1 aliphatic rings. The Balaban J connectivity index is 2.03. The van der Waals surface area contributed by atoms with Gasteiger partial charge in [0.15, 0.2) is 5.82 Å². The van der Waals surface area contributed by atoms with E-state index in [1.807, 2.05) is 0 Å². The maximum Gasteiger partial charge on any atom is 0.407 e. The predicted octanol–water partition coefficient (Wildman–Crippen LogP) is 1.94. The molecule has 0 spiro atoms. The number of nitrogens with zero attached hydrogens (tertiary/aromatic N) is 1. The highest BCUT2D eigenvalue weighted by molar-refractivity contribution is 6.31. The van der Waals surface area contributed by atoms with Crippen LogP contribution < -0.4 is 5.32 Å². The normalized spacial score (nSPS) is 22.2. The molecular formula is C12H14ClF2N3O3. The van der Waals surface area contributed by atoms with E-state index < -0.39 is 30.0 Å². The van der Waals surface area contributed by atoms with Crippen molar-refractivity contribution in [1.82, 2.24) is 15.2 Å². The molecule has 0 bridgehead atoms. The molecule has 1 fully saturated rings. The molecule has 2 rings (SSSR count). The molecular weight excluding hydrogens is 308 g/mol. The van der Waals surface area contributed by atoms with E-state index in [2.05, 4.69) is 10.3 Å². The molecule has 0 unspecified atom stereocenters. The van der Waals surface area contributed by atoms with Gasteiger partial charge in [0.2, 0.25) is 0 Å². The summed E-state index contributed by atoms with van der Waals surface area (Å²) in [5.41, 5.74) is -0.0535. The van der Waals surface area contributed by atoms with E-state index in [1.165, 1.54) is 6.92 Å². The van der Waals surface area contributed by atoms with E-state index in [0.29, 0.717) is 5.69 Å². The molecule has 2 heterocycles. The molecule has 0 radical (unpaired) electrons. The van der Waals surface area contributed by atoms with E-state index in [9.17, 15) is 18.4 Å². The summed E-state index contributed by atoms with van der Waals surface area (Å²) >= 11 is 5.64. The number of aryl methyl sites for hydroxylation is 1. The van der Waals surface area contributed by atoms with Crippen LogP contribution in [0.1, 0.15) is 22.6 Å². The zero-order valence-corrected chi connectivity index (χ0v) is 11.9. The summed E-state index contributed by atoms with van der Waals surface area (Å²) in [7, 11) is 0. The fraction of sp³-hybridized carbons (Fsp3) is 0.500. The number of nitrogens with one attached hydrogen (secondary N) is 2. The number of aromatic amines is 1. The first-order chi connectivity index (χ1) is 9.81.